The van der Waals surface area contributed by atoms with Gasteiger partial charge < -0.3 is 10.3 Å². The Morgan fingerprint density at radius 3 is 2.75 bits per heavy atom. The van der Waals surface area contributed by atoms with Crippen molar-refractivity contribution in [3.05, 3.63) is 59.9 Å². The summed E-state index contributed by atoms with van der Waals surface area (Å²) < 4.78 is 0. The average Bonchev–Trinajstić information content (AvgIpc) is 3.04. The monoisotopic (exact) mass is 339 g/mol. The molecule has 2 aromatic carbocycles. The van der Waals surface area contributed by atoms with Gasteiger partial charge in [-0.2, -0.15) is 0 Å². The second-order valence-electron chi connectivity index (χ2n) is 5.65. The van der Waals surface area contributed by atoms with Gasteiger partial charge in [0.2, 0.25) is 5.91 Å². The third-order valence-corrected chi connectivity index (χ3v) is 5.08. The minimum atomic E-state index is 0.0175. The van der Waals surface area contributed by atoms with Gasteiger partial charge in [-0.1, -0.05) is 37.3 Å². The Labute approximate surface area is 146 Å². The van der Waals surface area contributed by atoms with Crippen LogP contribution < -0.4 is 5.32 Å². The molecule has 4 nitrogen and oxygen atoms in total. The highest BCUT2D eigenvalue weighted by Gasteiger charge is 2.14. The van der Waals surface area contributed by atoms with E-state index in [4.69, 9.17) is 0 Å². The topological polar surface area (TPSA) is 57.8 Å². The van der Waals surface area contributed by atoms with E-state index in [0.29, 0.717) is 5.75 Å². The summed E-state index contributed by atoms with van der Waals surface area (Å²) in [6.07, 6.45) is 0.902. The van der Waals surface area contributed by atoms with E-state index in [1.165, 1.54) is 0 Å². The first-order valence-electron chi connectivity index (χ1n) is 8.11. The predicted octanol–water partition coefficient (Wildman–Crippen LogP) is 4.56. The summed E-state index contributed by atoms with van der Waals surface area (Å²) in [6, 6.07) is 15.9. The fourth-order valence-corrected chi connectivity index (χ4v) is 3.32. The van der Waals surface area contributed by atoms with E-state index in [1.54, 1.807) is 11.8 Å². The zero-order valence-corrected chi connectivity index (χ0v) is 14.7. The third kappa shape index (κ3) is 3.79. The molecule has 0 fully saturated rings. The van der Waals surface area contributed by atoms with Crippen LogP contribution in [0.4, 0.5) is 5.69 Å². The number of thioether (sulfide) groups is 1. The molecular formula is C19H21N3OS. The highest BCUT2D eigenvalue weighted by Crippen LogP contribution is 2.28. The van der Waals surface area contributed by atoms with Crippen LogP contribution in [0, 0.1) is 0 Å². The molecule has 3 rings (SSSR count). The number of rotatable bonds is 6. The number of aryl methyl sites for hydroxylation is 1. The number of aromatic nitrogens is 2. The molecule has 24 heavy (non-hydrogen) atoms. The van der Waals surface area contributed by atoms with Crippen LogP contribution in [0.15, 0.2) is 48.5 Å². The maximum atomic E-state index is 12.2. The lowest BCUT2D eigenvalue weighted by Gasteiger charge is -2.11. The Bertz CT molecular complexity index is 810. The molecule has 5 heteroatoms. The molecule has 1 amide bonds. The molecule has 1 atom stereocenters. The van der Waals surface area contributed by atoms with Gasteiger partial charge in [-0.25, -0.2) is 4.98 Å². The van der Waals surface area contributed by atoms with Crippen molar-refractivity contribution in [2.24, 2.45) is 0 Å². The summed E-state index contributed by atoms with van der Waals surface area (Å²) in [6.45, 7) is 4.15. The summed E-state index contributed by atoms with van der Waals surface area (Å²) in [5.74, 6) is 1.32. The Hall–Kier alpha value is -2.27. The van der Waals surface area contributed by atoms with Crippen molar-refractivity contribution < 1.29 is 4.79 Å². The molecule has 124 valence electrons. The highest BCUT2D eigenvalue weighted by atomic mass is 32.2. The number of H-pyrrole nitrogens is 1. The van der Waals surface area contributed by atoms with E-state index in [-0.39, 0.29) is 11.2 Å². The van der Waals surface area contributed by atoms with E-state index in [0.717, 1.165) is 34.5 Å². The maximum Gasteiger partial charge on any atom is 0.234 e. The highest BCUT2D eigenvalue weighted by molar-refractivity contribution is 8.00. The van der Waals surface area contributed by atoms with E-state index in [2.05, 4.69) is 29.1 Å². The van der Waals surface area contributed by atoms with Crippen molar-refractivity contribution in [3.63, 3.8) is 0 Å². The average molecular weight is 339 g/mol. The van der Waals surface area contributed by atoms with Gasteiger partial charge in [0.1, 0.15) is 5.82 Å². The van der Waals surface area contributed by atoms with E-state index in [9.17, 15) is 4.79 Å². The van der Waals surface area contributed by atoms with Gasteiger partial charge >= 0.3 is 0 Å². The van der Waals surface area contributed by atoms with Gasteiger partial charge in [-0.3, -0.25) is 4.79 Å². The van der Waals surface area contributed by atoms with Gasteiger partial charge in [-0.05, 0) is 37.1 Å². The molecule has 0 aliphatic heterocycles. The smallest absolute Gasteiger partial charge is 0.234 e. The van der Waals surface area contributed by atoms with Crippen molar-refractivity contribution in [1.82, 2.24) is 9.97 Å². The molecular weight excluding hydrogens is 318 g/mol. The molecule has 1 aromatic heterocycles. The quantitative estimate of drug-likeness (QED) is 0.692. The molecule has 0 saturated carbocycles. The van der Waals surface area contributed by atoms with Crippen LogP contribution in [-0.2, 0) is 11.2 Å². The fourth-order valence-electron chi connectivity index (χ4n) is 2.58. The number of hydrogen-bond acceptors (Lipinski definition) is 3. The van der Waals surface area contributed by atoms with Crippen LogP contribution in [-0.4, -0.2) is 21.6 Å². The molecule has 0 radical (unpaired) electrons. The molecule has 0 spiro atoms. The lowest BCUT2D eigenvalue weighted by Crippen LogP contribution is -2.16. The zero-order chi connectivity index (χ0) is 16.9. The zero-order valence-electron chi connectivity index (χ0n) is 13.9. The van der Waals surface area contributed by atoms with Crippen molar-refractivity contribution in [2.75, 3.05) is 11.1 Å². The van der Waals surface area contributed by atoms with E-state index in [1.807, 2.05) is 48.5 Å². The largest absolute Gasteiger partial charge is 0.341 e. The number of anilines is 1. The third-order valence-electron chi connectivity index (χ3n) is 3.93. The van der Waals surface area contributed by atoms with Crippen LogP contribution in [0.1, 0.15) is 30.5 Å². The van der Waals surface area contributed by atoms with Gasteiger partial charge in [0.15, 0.2) is 0 Å². The minimum absolute atomic E-state index is 0.0175. The lowest BCUT2D eigenvalue weighted by atomic mass is 10.1. The first-order valence-corrected chi connectivity index (χ1v) is 9.16. The SMILES string of the molecule is CCc1ccccc1NC(=O)CSC(C)c1nc2ccccc2[nH]1. The number of carbonyl (C=O) groups is 1. The molecule has 1 unspecified atom stereocenters. The molecule has 0 aliphatic carbocycles. The number of imidazole rings is 1. The van der Waals surface area contributed by atoms with Gasteiger partial charge in [-0.15, -0.1) is 11.8 Å². The summed E-state index contributed by atoms with van der Waals surface area (Å²) in [5.41, 5.74) is 4.05. The Balaban J connectivity index is 1.59. The number of amides is 1. The number of para-hydroxylation sites is 3. The van der Waals surface area contributed by atoms with Crippen LogP contribution in [0.2, 0.25) is 0 Å². The van der Waals surface area contributed by atoms with Gasteiger partial charge in [0.05, 0.1) is 22.0 Å². The number of fused-ring (bicyclic) bond motifs is 1. The van der Waals surface area contributed by atoms with E-state index < -0.39 is 0 Å². The minimum Gasteiger partial charge on any atom is -0.341 e. The van der Waals surface area contributed by atoms with Gasteiger partial charge in [0, 0.05) is 5.69 Å². The lowest BCUT2D eigenvalue weighted by molar-refractivity contribution is -0.113. The van der Waals surface area contributed by atoms with Crippen LogP contribution in [0.5, 0.6) is 0 Å². The number of nitrogens with one attached hydrogen (secondary N) is 2. The normalized spacial score (nSPS) is 12.2. The Kier molecular flexibility index (Phi) is 5.20. The molecule has 0 aliphatic rings. The first-order chi connectivity index (χ1) is 11.7. The van der Waals surface area contributed by atoms with Gasteiger partial charge in [0.25, 0.3) is 0 Å². The second-order valence-corrected chi connectivity index (χ2v) is 6.98. The van der Waals surface area contributed by atoms with Crippen LogP contribution >= 0.6 is 11.8 Å². The predicted molar refractivity (Wildman–Crippen MR) is 101 cm³/mol. The first kappa shape index (κ1) is 16.6. The number of aromatic amines is 1. The van der Waals surface area contributed by atoms with Crippen LogP contribution in [0.25, 0.3) is 11.0 Å². The number of carbonyl (C=O) groups excluding carboxylic acids is 1. The van der Waals surface area contributed by atoms with Crippen molar-refractivity contribution in [2.45, 2.75) is 25.5 Å². The second kappa shape index (κ2) is 7.53. The van der Waals surface area contributed by atoms with Crippen molar-refractivity contribution in [1.29, 1.82) is 0 Å². The Morgan fingerprint density at radius 1 is 1.21 bits per heavy atom. The summed E-state index contributed by atoms with van der Waals surface area (Å²) in [4.78, 5) is 20.1. The van der Waals surface area contributed by atoms with Crippen molar-refractivity contribution >= 4 is 34.4 Å². The molecule has 0 saturated heterocycles. The van der Waals surface area contributed by atoms with Crippen LogP contribution in [0.3, 0.4) is 0 Å². The number of nitrogens with zero attached hydrogens (tertiary/aromatic N) is 1. The summed E-state index contributed by atoms with van der Waals surface area (Å²) in [7, 11) is 0. The molecule has 2 N–H and O–H groups in total. The standard InChI is InChI=1S/C19H21N3OS/c1-3-14-8-4-5-9-15(14)20-18(23)12-24-13(2)19-21-16-10-6-7-11-17(16)22-19/h4-11,13H,3,12H2,1-2H3,(H,20,23)(H,21,22). The fraction of sp³-hybridized carbons (Fsp3) is 0.263. The van der Waals surface area contributed by atoms with Crippen molar-refractivity contribution in [3.8, 4) is 0 Å². The Morgan fingerprint density at radius 2 is 1.96 bits per heavy atom. The molecule has 1 heterocycles. The number of hydrogen-bond donors (Lipinski definition) is 2. The molecule has 0 bridgehead atoms. The maximum absolute atomic E-state index is 12.2. The number of benzene rings is 2. The summed E-state index contributed by atoms with van der Waals surface area (Å²) >= 11 is 1.58. The summed E-state index contributed by atoms with van der Waals surface area (Å²) in [5, 5.41) is 3.13. The van der Waals surface area contributed by atoms with E-state index >= 15 is 0 Å². The molecule has 3 aromatic rings.